The van der Waals surface area contributed by atoms with E-state index < -0.39 is 5.97 Å². The van der Waals surface area contributed by atoms with Crippen molar-refractivity contribution >= 4 is 17.6 Å². The molecule has 2 rings (SSSR count). The lowest BCUT2D eigenvalue weighted by molar-refractivity contribution is -0.114. The van der Waals surface area contributed by atoms with Crippen LogP contribution in [-0.4, -0.2) is 11.9 Å². The Morgan fingerprint density at radius 1 is 1.08 bits per heavy atom. The molecular weight excluding hydrogens is 302 g/mol. The SMILES string of the molecule is CC(=O)Nc1c(C)cccc1C(=O)OCc1ccc(C(C)C)cc1. The number of hydrogen-bond donors (Lipinski definition) is 1. The van der Waals surface area contributed by atoms with E-state index in [1.807, 2.05) is 37.3 Å². The van der Waals surface area contributed by atoms with E-state index in [9.17, 15) is 9.59 Å². The second kappa shape index (κ2) is 7.77. The zero-order chi connectivity index (χ0) is 17.7. The molecule has 0 bridgehead atoms. The molecule has 4 nitrogen and oxygen atoms in total. The minimum absolute atomic E-state index is 0.199. The number of para-hydroxylation sites is 1. The van der Waals surface area contributed by atoms with Gasteiger partial charge in [-0.3, -0.25) is 4.79 Å². The van der Waals surface area contributed by atoms with E-state index in [4.69, 9.17) is 4.74 Å². The number of hydrogen-bond acceptors (Lipinski definition) is 3. The van der Waals surface area contributed by atoms with Crippen LogP contribution in [0.1, 0.15) is 53.7 Å². The van der Waals surface area contributed by atoms with Gasteiger partial charge in [0, 0.05) is 6.92 Å². The monoisotopic (exact) mass is 325 g/mol. The molecule has 0 spiro atoms. The Kier molecular flexibility index (Phi) is 5.74. The van der Waals surface area contributed by atoms with Gasteiger partial charge in [0.25, 0.3) is 0 Å². The summed E-state index contributed by atoms with van der Waals surface area (Å²) in [6.07, 6.45) is 0. The Hall–Kier alpha value is -2.62. The Morgan fingerprint density at radius 2 is 1.75 bits per heavy atom. The summed E-state index contributed by atoms with van der Waals surface area (Å²) in [7, 11) is 0. The van der Waals surface area contributed by atoms with E-state index in [1.54, 1.807) is 12.1 Å². The molecule has 24 heavy (non-hydrogen) atoms. The maximum absolute atomic E-state index is 12.4. The van der Waals surface area contributed by atoms with Crippen molar-refractivity contribution in [1.29, 1.82) is 0 Å². The molecule has 126 valence electrons. The molecule has 0 aliphatic carbocycles. The Bertz CT molecular complexity index is 733. The molecule has 2 aromatic carbocycles. The van der Waals surface area contributed by atoms with E-state index in [1.165, 1.54) is 12.5 Å². The number of ether oxygens (including phenoxy) is 1. The highest BCUT2D eigenvalue weighted by Gasteiger charge is 2.15. The predicted octanol–water partition coefficient (Wildman–Crippen LogP) is 4.43. The van der Waals surface area contributed by atoms with Gasteiger partial charge in [0.05, 0.1) is 11.3 Å². The molecule has 0 saturated heterocycles. The second-order valence-corrected chi connectivity index (χ2v) is 6.15. The average Bonchev–Trinajstić information content (AvgIpc) is 2.54. The first-order valence-corrected chi connectivity index (χ1v) is 8.01. The van der Waals surface area contributed by atoms with Crippen LogP contribution in [0.15, 0.2) is 42.5 Å². The molecular formula is C20H23NO3. The first kappa shape index (κ1) is 17.7. The molecule has 1 amide bonds. The van der Waals surface area contributed by atoms with Gasteiger partial charge >= 0.3 is 5.97 Å². The van der Waals surface area contributed by atoms with E-state index in [-0.39, 0.29) is 12.5 Å². The van der Waals surface area contributed by atoms with Gasteiger partial charge in [-0.05, 0) is 35.6 Å². The van der Waals surface area contributed by atoms with Gasteiger partial charge in [0.15, 0.2) is 0 Å². The minimum Gasteiger partial charge on any atom is -0.457 e. The van der Waals surface area contributed by atoms with Crippen molar-refractivity contribution < 1.29 is 14.3 Å². The van der Waals surface area contributed by atoms with Crippen molar-refractivity contribution in [2.45, 2.75) is 40.2 Å². The van der Waals surface area contributed by atoms with Crippen LogP contribution in [0, 0.1) is 6.92 Å². The molecule has 0 aliphatic heterocycles. The van der Waals surface area contributed by atoms with Gasteiger partial charge in [-0.2, -0.15) is 0 Å². The first-order valence-electron chi connectivity index (χ1n) is 8.01. The molecule has 1 N–H and O–H groups in total. The number of anilines is 1. The highest BCUT2D eigenvalue weighted by Crippen LogP contribution is 2.22. The van der Waals surface area contributed by atoms with Crippen LogP contribution in [0.3, 0.4) is 0 Å². The normalized spacial score (nSPS) is 10.5. The van der Waals surface area contributed by atoms with Gasteiger partial charge < -0.3 is 10.1 Å². The van der Waals surface area contributed by atoms with Crippen molar-refractivity contribution in [3.05, 3.63) is 64.7 Å². The highest BCUT2D eigenvalue weighted by atomic mass is 16.5. The number of amides is 1. The van der Waals surface area contributed by atoms with E-state index in [0.29, 0.717) is 17.2 Å². The quantitative estimate of drug-likeness (QED) is 0.827. The topological polar surface area (TPSA) is 55.4 Å². The maximum atomic E-state index is 12.4. The lowest BCUT2D eigenvalue weighted by Crippen LogP contribution is -2.14. The van der Waals surface area contributed by atoms with Gasteiger partial charge in [0.2, 0.25) is 5.91 Å². The van der Waals surface area contributed by atoms with Gasteiger partial charge in [-0.15, -0.1) is 0 Å². The smallest absolute Gasteiger partial charge is 0.340 e. The summed E-state index contributed by atoms with van der Waals surface area (Å²) in [6.45, 7) is 7.72. The van der Waals surface area contributed by atoms with E-state index >= 15 is 0 Å². The summed E-state index contributed by atoms with van der Waals surface area (Å²) in [5.41, 5.74) is 3.87. The van der Waals surface area contributed by atoms with Crippen molar-refractivity contribution in [2.24, 2.45) is 0 Å². The van der Waals surface area contributed by atoms with Gasteiger partial charge in [-0.1, -0.05) is 50.2 Å². The fraction of sp³-hybridized carbons (Fsp3) is 0.300. The van der Waals surface area contributed by atoms with Gasteiger partial charge in [0.1, 0.15) is 6.61 Å². The number of benzene rings is 2. The molecule has 0 aliphatic rings. The van der Waals surface area contributed by atoms with Crippen molar-refractivity contribution in [3.8, 4) is 0 Å². The van der Waals surface area contributed by atoms with Crippen LogP contribution in [0.25, 0.3) is 0 Å². The number of carbonyl (C=O) groups excluding carboxylic acids is 2. The van der Waals surface area contributed by atoms with Crippen LogP contribution in [0.4, 0.5) is 5.69 Å². The third-order valence-electron chi connectivity index (χ3n) is 3.81. The molecule has 0 atom stereocenters. The second-order valence-electron chi connectivity index (χ2n) is 6.15. The number of rotatable bonds is 5. The molecule has 0 saturated carbocycles. The highest BCUT2D eigenvalue weighted by molar-refractivity contribution is 6.01. The number of carbonyl (C=O) groups is 2. The van der Waals surface area contributed by atoms with Crippen LogP contribution in [0.2, 0.25) is 0 Å². The molecule has 2 aromatic rings. The van der Waals surface area contributed by atoms with E-state index in [0.717, 1.165) is 11.1 Å². The fourth-order valence-electron chi connectivity index (χ4n) is 2.41. The Morgan fingerprint density at radius 3 is 2.33 bits per heavy atom. The predicted molar refractivity (Wildman–Crippen MR) is 95.1 cm³/mol. The summed E-state index contributed by atoms with van der Waals surface area (Å²) in [5, 5.41) is 2.70. The zero-order valence-electron chi connectivity index (χ0n) is 14.6. The van der Waals surface area contributed by atoms with Crippen molar-refractivity contribution in [1.82, 2.24) is 0 Å². The third-order valence-corrected chi connectivity index (χ3v) is 3.81. The Labute approximate surface area is 142 Å². The fourth-order valence-corrected chi connectivity index (χ4v) is 2.41. The third kappa shape index (κ3) is 4.44. The Balaban J connectivity index is 2.10. The lowest BCUT2D eigenvalue weighted by atomic mass is 10.0. The molecule has 0 radical (unpaired) electrons. The number of nitrogens with one attached hydrogen (secondary N) is 1. The average molecular weight is 325 g/mol. The van der Waals surface area contributed by atoms with Crippen molar-refractivity contribution in [2.75, 3.05) is 5.32 Å². The summed E-state index contributed by atoms with van der Waals surface area (Å²) >= 11 is 0. The van der Waals surface area contributed by atoms with Crippen LogP contribution in [0.5, 0.6) is 0 Å². The standard InChI is InChI=1S/C20H23NO3/c1-13(2)17-10-8-16(9-11-17)12-24-20(23)18-7-5-6-14(3)19(18)21-15(4)22/h5-11,13H,12H2,1-4H3,(H,21,22). The molecule has 0 aromatic heterocycles. The summed E-state index contributed by atoms with van der Waals surface area (Å²) in [6, 6.07) is 13.3. The van der Waals surface area contributed by atoms with Gasteiger partial charge in [-0.25, -0.2) is 4.79 Å². The maximum Gasteiger partial charge on any atom is 0.340 e. The first-order chi connectivity index (χ1) is 11.4. The van der Waals surface area contributed by atoms with Crippen LogP contribution < -0.4 is 5.32 Å². The van der Waals surface area contributed by atoms with Crippen LogP contribution in [-0.2, 0) is 16.1 Å². The largest absolute Gasteiger partial charge is 0.457 e. The summed E-state index contributed by atoms with van der Waals surface area (Å²) < 4.78 is 5.40. The van der Waals surface area contributed by atoms with E-state index in [2.05, 4.69) is 19.2 Å². The molecule has 4 heteroatoms. The molecule has 0 fully saturated rings. The zero-order valence-corrected chi connectivity index (χ0v) is 14.6. The molecule has 0 unspecified atom stereocenters. The van der Waals surface area contributed by atoms with Crippen LogP contribution >= 0.6 is 0 Å². The summed E-state index contributed by atoms with van der Waals surface area (Å²) in [4.78, 5) is 23.7. The van der Waals surface area contributed by atoms with Crippen molar-refractivity contribution in [3.63, 3.8) is 0 Å². The lowest BCUT2D eigenvalue weighted by Gasteiger charge is -2.13. The summed E-state index contributed by atoms with van der Waals surface area (Å²) in [5.74, 6) is -0.202. The minimum atomic E-state index is -0.449. The number of aryl methyl sites for hydroxylation is 1. The number of esters is 1. The molecule has 0 heterocycles.